The zero-order valence-electron chi connectivity index (χ0n) is 10.1. The summed E-state index contributed by atoms with van der Waals surface area (Å²) in [6.45, 7) is 2.89. The second-order valence-corrected chi connectivity index (χ2v) is 6.97. The summed E-state index contributed by atoms with van der Waals surface area (Å²) in [5, 5.41) is 0. The normalized spacial score (nSPS) is 16.9. The summed E-state index contributed by atoms with van der Waals surface area (Å²) in [7, 11) is 0.987. The second kappa shape index (κ2) is 5.48. The van der Waals surface area contributed by atoms with Crippen LogP contribution in [-0.4, -0.2) is 42.5 Å². The van der Waals surface area contributed by atoms with Crippen molar-refractivity contribution in [1.82, 2.24) is 14.5 Å². The summed E-state index contributed by atoms with van der Waals surface area (Å²) in [6.07, 6.45) is 3.25. The predicted molar refractivity (Wildman–Crippen MR) is 70.0 cm³/mol. The summed E-state index contributed by atoms with van der Waals surface area (Å²) >= 11 is 0. The van der Waals surface area contributed by atoms with E-state index in [2.05, 4.69) is 4.90 Å². The van der Waals surface area contributed by atoms with Gasteiger partial charge in [0.25, 0.3) is 14.6 Å². The van der Waals surface area contributed by atoms with E-state index in [1.807, 2.05) is 4.98 Å². The maximum Gasteiger partial charge on any atom is 0.328 e. The van der Waals surface area contributed by atoms with Gasteiger partial charge in [-0.1, -0.05) is 0 Å². The molecule has 1 aromatic heterocycles. The lowest BCUT2D eigenvalue weighted by Gasteiger charge is -2.15. The number of hydrogen-bond donors (Lipinski definition) is 1. The molecule has 106 valence electrons. The van der Waals surface area contributed by atoms with E-state index in [0.717, 1.165) is 36.7 Å². The minimum absolute atomic E-state index is 0.315. The molecule has 1 aliphatic heterocycles. The van der Waals surface area contributed by atoms with Crippen LogP contribution in [0.3, 0.4) is 0 Å². The van der Waals surface area contributed by atoms with E-state index in [-0.39, 0.29) is 0 Å². The van der Waals surface area contributed by atoms with Gasteiger partial charge < -0.3 is 4.90 Å². The monoisotopic (exact) mass is 307 g/mol. The molecule has 0 saturated carbocycles. The maximum atomic E-state index is 11.6. The van der Waals surface area contributed by atoms with Crippen LogP contribution in [0.1, 0.15) is 12.8 Å². The topological polar surface area (TPSA) is 92.2 Å². The van der Waals surface area contributed by atoms with Crippen molar-refractivity contribution in [2.45, 2.75) is 24.3 Å². The molecule has 19 heavy (non-hydrogen) atoms. The van der Waals surface area contributed by atoms with Crippen molar-refractivity contribution in [3.8, 4) is 0 Å². The van der Waals surface area contributed by atoms with E-state index in [1.165, 1.54) is 0 Å². The quantitative estimate of drug-likeness (QED) is 0.761. The first-order valence-electron chi connectivity index (χ1n) is 5.89. The molecular weight excluding hydrogens is 294 g/mol. The third-order valence-electron chi connectivity index (χ3n) is 3.10. The molecule has 1 N–H and O–H groups in total. The molecule has 1 fully saturated rings. The first-order chi connectivity index (χ1) is 8.88. The van der Waals surface area contributed by atoms with E-state index < -0.39 is 25.2 Å². The Morgan fingerprint density at radius 3 is 2.42 bits per heavy atom. The van der Waals surface area contributed by atoms with Gasteiger partial charge in [0.15, 0.2) is 4.90 Å². The number of aromatic nitrogens is 2. The lowest BCUT2D eigenvalue weighted by Crippen LogP contribution is -2.35. The van der Waals surface area contributed by atoms with E-state index in [0.29, 0.717) is 13.1 Å². The maximum absolute atomic E-state index is 11.6. The molecule has 1 saturated heterocycles. The number of H-pyrrole nitrogens is 1. The van der Waals surface area contributed by atoms with Gasteiger partial charge in [0, 0.05) is 30.0 Å². The van der Waals surface area contributed by atoms with Crippen LogP contribution in [0, 0.1) is 0 Å². The molecule has 0 aromatic carbocycles. The number of nitrogens with zero attached hydrogens (tertiary/aromatic N) is 2. The summed E-state index contributed by atoms with van der Waals surface area (Å²) in [6, 6.07) is 0. The average Bonchev–Trinajstić information content (AvgIpc) is 2.79. The van der Waals surface area contributed by atoms with Crippen LogP contribution in [-0.2, 0) is 15.6 Å². The molecule has 0 aliphatic carbocycles. The van der Waals surface area contributed by atoms with Crippen molar-refractivity contribution in [2.24, 2.45) is 0 Å². The smallest absolute Gasteiger partial charge is 0.302 e. The molecule has 7 nitrogen and oxygen atoms in total. The van der Waals surface area contributed by atoms with Crippen LogP contribution < -0.4 is 11.2 Å². The summed E-state index contributed by atoms with van der Waals surface area (Å²) < 4.78 is 23.6. The van der Waals surface area contributed by atoms with Crippen LogP contribution in [0.25, 0.3) is 0 Å². The third kappa shape index (κ3) is 3.46. The Morgan fingerprint density at radius 1 is 1.21 bits per heavy atom. The second-order valence-electron chi connectivity index (χ2n) is 4.43. The predicted octanol–water partition coefficient (Wildman–Crippen LogP) is -0.440. The molecule has 9 heteroatoms. The minimum Gasteiger partial charge on any atom is -0.302 e. The Morgan fingerprint density at radius 2 is 1.84 bits per heavy atom. The van der Waals surface area contributed by atoms with Gasteiger partial charge in [-0.15, -0.1) is 0 Å². The highest BCUT2D eigenvalue weighted by atomic mass is 35.7. The van der Waals surface area contributed by atoms with E-state index >= 15 is 0 Å². The largest absolute Gasteiger partial charge is 0.328 e. The van der Waals surface area contributed by atoms with Gasteiger partial charge >= 0.3 is 5.69 Å². The molecule has 0 bridgehead atoms. The van der Waals surface area contributed by atoms with Crippen molar-refractivity contribution in [2.75, 3.05) is 19.6 Å². The number of hydrogen-bond acceptors (Lipinski definition) is 5. The zero-order valence-corrected chi connectivity index (χ0v) is 11.7. The van der Waals surface area contributed by atoms with Gasteiger partial charge in [-0.05, 0) is 25.9 Å². The fourth-order valence-corrected chi connectivity index (χ4v) is 2.94. The van der Waals surface area contributed by atoms with Gasteiger partial charge in [-0.2, -0.15) is 0 Å². The van der Waals surface area contributed by atoms with Crippen molar-refractivity contribution in [3.63, 3.8) is 0 Å². The van der Waals surface area contributed by atoms with Crippen LogP contribution in [0.5, 0.6) is 0 Å². The third-order valence-corrected chi connectivity index (χ3v) is 4.41. The highest BCUT2D eigenvalue weighted by Crippen LogP contribution is 2.09. The Kier molecular flexibility index (Phi) is 4.12. The lowest BCUT2D eigenvalue weighted by atomic mass is 10.4. The molecule has 0 atom stereocenters. The summed E-state index contributed by atoms with van der Waals surface area (Å²) in [5.41, 5.74) is -1.62. The van der Waals surface area contributed by atoms with Crippen LogP contribution in [0.4, 0.5) is 0 Å². The van der Waals surface area contributed by atoms with E-state index in [4.69, 9.17) is 10.7 Å². The molecule has 1 aliphatic rings. The van der Waals surface area contributed by atoms with E-state index in [1.54, 1.807) is 0 Å². The number of nitrogens with one attached hydrogen (secondary N) is 1. The van der Waals surface area contributed by atoms with Crippen LogP contribution in [0.2, 0.25) is 0 Å². The fraction of sp³-hybridized carbons (Fsp3) is 0.600. The van der Waals surface area contributed by atoms with Crippen LogP contribution in [0.15, 0.2) is 20.7 Å². The fourth-order valence-electron chi connectivity index (χ4n) is 2.08. The highest BCUT2D eigenvalue weighted by molar-refractivity contribution is 8.13. The Bertz CT molecular complexity index is 673. The molecule has 2 rings (SSSR count). The Balaban J connectivity index is 2.25. The lowest BCUT2D eigenvalue weighted by molar-refractivity contribution is 0.319. The van der Waals surface area contributed by atoms with Crippen molar-refractivity contribution < 1.29 is 8.42 Å². The van der Waals surface area contributed by atoms with Gasteiger partial charge in [-0.3, -0.25) is 14.3 Å². The molecule has 0 radical (unpaired) electrons. The Labute approximate surface area is 114 Å². The molecule has 0 unspecified atom stereocenters. The zero-order chi connectivity index (χ0) is 14.0. The van der Waals surface area contributed by atoms with Crippen molar-refractivity contribution in [3.05, 3.63) is 27.0 Å². The standard InChI is InChI=1S/C10H14ClN3O4S/c11-19(17,18)8-7-14(10(16)12-9(8)15)6-5-13-3-1-2-4-13/h7H,1-6H2,(H,12,15,16). The first kappa shape index (κ1) is 14.3. The van der Waals surface area contributed by atoms with Gasteiger partial charge in [0.1, 0.15) is 0 Å². The van der Waals surface area contributed by atoms with Crippen LogP contribution >= 0.6 is 10.7 Å². The van der Waals surface area contributed by atoms with Crippen molar-refractivity contribution in [1.29, 1.82) is 0 Å². The van der Waals surface area contributed by atoms with Gasteiger partial charge in [-0.25, -0.2) is 13.2 Å². The summed E-state index contributed by atoms with van der Waals surface area (Å²) in [5.74, 6) is 0. The number of likely N-dealkylation sites (tertiary alicyclic amines) is 1. The average molecular weight is 308 g/mol. The molecule has 0 spiro atoms. The summed E-state index contributed by atoms with van der Waals surface area (Å²) in [4.78, 5) is 26.5. The molecular formula is C10H14ClN3O4S. The van der Waals surface area contributed by atoms with E-state index in [9.17, 15) is 18.0 Å². The molecule has 0 amide bonds. The SMILES string of the molecule is O=c1[nH]c(=O)n(CCN2CCCC2)cc1S(=O)(=O)Cl. The first-order valence-corrected chi connectivity index (χ1v) is 8.19. The number of aromatic amines is 1. The van der Waals surface area contributed by atoms with Gasteiger partial charge in [0.2, 0.25) is 0 Å². The van der Waals surface area contributed by atoms with Gasteiger partial charge in [0.05, 0.1) is 0 Å². The highest BCUT2D eigenvalue weighted by Gasteiger charge is 2.18. The number of halogens is 1. The number of rotatable bonds is 4. The minimum atomic E-state index is -4.15. The molecule has 2 heterocycles. The van der Waals surface area contributed by atoms with Crippen molar-refractivity contribution >= 4 is 19.7 Å². The Hall–Kier alpha value is -1.12. The molecule has 1 aromatic rings.